The molecular formula is C17H27BrN2S. The Morgan fingerprint density at radius 2 is 2.05 bits per heavy atom. The molecule has 21 heavy (non-hydrogen) atoms. The van der Waals surface area contributed by atoms with Gasteiger partial charge in [-0.25, -0.2) is 0 Å². The van der Waals surface area contributed by atoms with E-state index in [0.29, 0.717) is 11.3 Å². The molecule has 1 aromatic carbocycles. The molecule has 2 atom stereocenters. The molecular weight excluding hydrogens is 344 g/mol. The molecule has 1 aromatic rings. The third kappa shape index (κ3) is 4.64. The zero-order valence-electron chi connectivity index (χ0n) is 13.7. The monoisotopic (exact) mass is 370 g/mol. The number of rotatable bonds is 3. The minimum absolute atomic E-state index is 0.140. The Bertz CT molecular complexity index is 484. The standard InChI is InChI=1S/C17H27BrN2S/c1-12-13(2)21-9-8-20(12)16-10-15(18)7-6-14(16)11-19-17(3,4)5/h6-7,10,12-13,19H,8-9,11H2,1-5H3. The van der Waals surface area contributed by atoms with Gasteiger partial charge in [-0.05, 0) is 45.4 Å². The average molecular weight is 371 g/mol. The van der Waals surface area contributed by atoms with Gasteiger partial charge in [0.2, 0.25) is 0 Å². The highest BCUT2D eigenvalue weighted by Crippen LogP contribution is 2.33. The van der Waals surface area contributed by atoms with Crippen LogP contribution in [0.25, 0.3) is 0 Å². The lowest BCUT2D eigenvalue weighted by Gasteiger charge is -2.40. The van der Waals surface area contributed by atoms with Crippen LogP contribution in [0.3, 0.4) is 0 Å². The Balaban J connectivity index is 2.26. The Kier molecular flexibility index (Phi) is 5.66. The van der Waals surface area contributed by atoms with Gasteiger partial charge in [0.15, 0.2) is 0 Å². The number of halogens is 1. The number of nitrogens with zero attached hydrogens (tertiary/aromatic N) is 1. The van der Waals surface area contributed by atoms with Crippen LogP contribution in [0.2, 0.25) is 0 Å². The molecule has 1 N–H and O–H groups in total. The van der Waals surface area contributed by atoms with E-state index < -0.39 is 0 Å². The number of anilines is 1. The summed E-state index contributed by atoms with van der Waals surface area (Å²) < 4.78 is 1.16. The highest BCUT2D eigenvalue weighted by molar-refractivity contribution is 9.10. The molecule has 0 aromatic heterocycles. The van der Waals surface area contributed by atoms with Crippen molar-refractivity contribution in [2.24, 2.45) is 0 Å². The van der Waals surface area contributed by atoms with Gasteiger partial charge in [0.25, 0.3) is 0 Å². The largest absolute Gasteiger partial charge is 0.367 e. The summed E-state index contributed by atoms with van der Waals surface area (Å²) in [6, 6.07) is 7.25. The third-order valence-corrected chi connectivity index (χ3v) is 5.88. The summed E-state index contributed by atoms with van der Waals surface area (Å²) in [6.45, 7) is 13.4. The van der Waals surface area contributed by atoms with E-state index in [9.17, 15) is 0 Å². The lowest BCUT2D eigenvalue weighted by atomic mass is 10.1. The van der Waals surface area contributed by atoms with Gasteiger partial charge >= 0.3 is 0 Å². The minimum atomic E-state index is 0.140. The number of benzene rings is 1. The summed E-state index contributed by atoms with van der Waals surface area (Å²) in [7, 11) is 0. The van der Waals surface area contributed by atoms with Crippen LogP contribution in [0.1, 0.15) is 40.2 Å². The van der Waals surface area contributed by atoms with E-state index >= 15 is 0 Å². The summed E-state index contributed by atoms with van der Waals surface area (Å²) in [5.74, 6) is 1.21. The maximum Gasteiger partial charge on any atom is 0.0426 e. The van der Waals surface area contributed by atoms with E-state index in [0.717, 1.165) is 17.6 Å². The zero-order chi connectivity index (χ0) is 15.6. The maximum absolute atomic E-state index is 3.64. The fraction of sp³-hybridized carbons (Fsp3) is 0.647. The molecule has 1 fully saturated rings. The lowest BCUT2D eigenvalue weighted by molar-refractivity contribution is 0.424. The highest BCUT2D eigenvalue weighted by atomic mass is 79.9. The molecule has 0 bridgehead atoms. The Hall–Kier alpha value is -0.190. The van der Waals surface area contributed by atoms with Gasteiger partial charge in [-0.1, -0.05) is 28.9 Å². The number of thioether (sulfide) groups is 1. The van der Waals surface area contributed by atoms with Crippen molar-refractivity contribution in [3.05, 3.63) is 28.2 Å². The van der Waals surface area contributed by atoms with E-state index in [2.05, 4.69) is 90.7 Å². The molecule has 1 aliphatic heterocycles. The molecule has 118 valence electrons. The SMILES string of the molecule is CC1SCCN(c2cc(Br)ccc2CNC(C)(C)C)C1C. The second-order valence-corrected chi connectivity index (χ2v) is 9.29. The van der Waals surface area contributed by atoms with Crippen LogP contribution < -0.4 is 10.2 Å². The van der Waals surface area contributed by atoms with E-state index in [1.807, 2.05) is 0 Å². The van der Waals surface area contributed by atoms with E-state index in [1.54, 1.807) is 0 Å². The predicted molar refractivity (Wildman–Crippen MR) is 99.5 cm³/mol. The van der Waals surface area contributed by atoms with Crippen LogP contribution in [-0.4, -0.2) is 29.1 Å². The second-order valence-electron chi connectivity index (χ2n) is 6.89. The first-order valence-electron chi connectivity index (χ1n) is 7.69. The van der Waals surface area contributed by atoms with Crippen molar-refractivity contribution in [2.45, 2.75) is 58.0 Å². The van der Waals surface area contributed by atoms with E-state index in [-0.39, 0.29) is 5.54 Å². The van der Waals surface area contributed by atoms with Crippen LogP contribution >= 0.6 is 27.7 Å². The molecule has 2 rings (SSSR count). The second kappa shape index (κ2) is 6.93. The van der Waals surface area contributed by atoms with E-state index in [1.165, 1.54) is 17.0 Å². The van der Waals surface area contributed by atoms with Gasteiger partial charge in [0.05, 0.1) is 0 Å². The summed E-state index contributed by atoms with van der Waals surface area (Å²) in [5, 5.41) is 4.30. The van der Waals surface area contributed by atoms with Crippen molar-refractivity contribution in [2.75, 3.05) is 17.2 Å². The van der Waals surface area contributed by atoms with Crippen LogP contribution in [-0.2, 0) is 6.54 Å². The van der Waals surface area contributed by atoms with Gasteiger partial charge in [-0.3, -0.25) is 0 Å². The molecule has 1 saturated heterocycles. The molecule has 0 amide bonds. The number of nitrogens with one attached hydrogen (secondary N) is 1. The smallest absolute Gasteiger partial charge is 0.0426 e. The zero-order valence-corrected chi connectivity index (χ0v) is 16.1. The molecule has 0 radical (unpaired) electrons. The molecule has 2 unspecified atom stereocenters. The Morgan fingerprint density at radius 3 is 2.71 bits per heavy atom. The van der Waals surface area contributed by atoms with Crippen LogP contribution in [0.15, 0.2) is 22.7 Å². The molecule has 2 nitrogen and oxygen atoms in total. The van der Waals surface area contributed by atoms with Gasteiger partial charge in [-0.2, -0.15) is 11.8 Å². The average Bonchev–Trinajstić information content (AvgIpc) is 2.39. The van der Waals surface area contributed by atoms with Crippen LogP contribution in [0.4, 0.5) is 5.69 Å². The van der Waals surface area contributed by atoms with E-state index in [4.69, 9.17) is 0 Å². The summed E-state index contributed by atoms with van der Waals surface area (Å²) in [4.78, 5) is 2.58. The van der Waals surface area contributed by atoms with Gasteiger partial charge in [0.1, 0.15) is 0 Å². The normalized spacial score (nSPS) is 23.4. The molecule has 1 heterocycles. The topological polar surface area (TPSA) is 15.3 Å². The third-order valence-electron chi connectivity index (χ3n) is 4.05. The first-order valence-corrected chi connectivity index (χ1v) is 9.54. The van der Waals surface area contributed by atoms with Crippen molar-refractivity contribution in [3.8, 4) is 0 Å². The quantitative estimate of drug-likeness (QED) is 0.832. The maximum atomic E-state index is 3.64. The predicted octanol–water partition coefficient (Wildman–Crippen LogP) is 4.67. The van der Waals surface area contributed by atoms with Gasteiger partial charge < -0.3 is 10.2 Å². The van der Waals surface area contributed by atoms with Crippen molar-refractivity contribution in [1.82, 2.24) is 5.32 Å². The van der Waals surface area contributed by atoms with Crippen LogP contribution in [0.5, 0.6) is 0 Å². The highest BCUT2D eigenvalue weighted by Gasteiger charge is 2.27. The Morgan fingerprint density at radius 1 is 1.33 bits per heavy atom. The number of hydrogen-bond donors (Lipinski definition) is 1. The van der Waals surface area contributed by atoms with Gasteiger partial charge in [0, 0.05) is 45.8 Å². The molecule has 0 spiro atoms. The van der Waals surface area contributed by atoms with Crippen molar-refractivity contribution in [1.29, 1.82) is 0 Å². The lowest BCUT2D eigenvalue weighted by Crippen LogP contribution is -2.45. The summed E-state index contributed by atoms with van der Waals surface area (Å²) >= 11 is 5.72. The van der Waals surface area contributed by atoms with Crippen molar-refractivity contribution in [3.63, 3.8) is 0 Å². The molecule has 0 saturated carbocycles. The van der Waals surface area contributed by atoms with Gasteiger partial charge in [-0.15, -0.1) is 0 Å². The molecule has 0 aliphatic carbocycles. The Labute approximate surface area is 142 Å². The van der Waals surface area contributed by atoms with Crippen LogP contribution in [0, 0.1) is 0 Å². The molecule has 1 aliphatic rings. The fourth-order valence-corrected chi connectivity index (χ4v) is 4.04. The number of hydrogen-bond acceptors (Lipinski definition) is 3. The molecule has 4 heteroatoms. The fourth-order valence-electron chi connectivity index (χ4n) is 2.59. The first-order chi connectivity index (χ1) is 9.78. The van der Waals surface area contributed by atoms with Crippen molar-refractivity contribution >= 4 is 33.4 Å². The van der Waals surface area contributed by atoms with Crippen molar-refractivity contribution < 1.29 is 0 Å². The summed E-state index contributed by atoms with van der Waals surface area (Å²) in [5.41, 5.74) is 2.90. The minimum Gasteiger partial charge on any atom is -0.367 e. The summed E-state index contributed by atoms with van der Waals surface area (Å²) in [6.07, 6.45) is 0. The first kappa shape index (κ1) is 17.2.